The van der Waals surface area contributed by atoms with Gasteiger partial charge in [0.1, 0.15) is 0 Å². The fourth-order valence-corrected chi connectivity index (χ4v) is 4.99. The Kier molecular flexibility index (Phi) is 12.3. The first-order chi connectivity index (χ1) is 21.4. The quantitative estimate of drug-likeness (QED) is 0.145. The average molecular weight is 1060 g/mol. The van der Waals surface area contributed by atoms with Gasteiger partial charge in [-0.2, -0.15) is 114 Å². The van der Waals surface area contributed by atoms with Crippen molar-refractivity contribution in [3.63, 3.8) is 0 Å². The number of rotatable bonds is 12. The van der Waals surface area contributed by atoms with E-state index >= 15 is 17.6 Å². The molecule has 0 aliphatic heterocycles. The normalized spacial score (nSPS) is 16.2. The largest absolute Gasteiger partial charge is 0.460 e. The minimum atomic E-state index is -8.86. The van der Waals surface area contributed by atoms with Crippen molar-refractivity contribution >= 4 is 63.7 Å². The van der Waals surface area contributed by atoms with Crippen molar-refractivity contribution < 1.29 is 114 Å². The molecule has 0 amide bonds. The van der Waals surface area contributed by atoms with E-state index in [1.165, 1.54) is 0 Å². The van der Waals surface area contributed by atoms with Crippen molar-refractivity contribution in [1.29, 1.82) is 0 Å². The zero-order valence-electron chi connectivity index (χ0n) is 21.6. The van der Waals surface area contributed by atoms with Gasteiger partial charge >= 0.3 is 71.6 Å². The van der Waals surface area contributed by atoms with Gasteiger partial charge in [0.2, 0.25) is 0 Å². The van der Waals surface area contributed by atoms with Crippen LogP contribution in [0.5, 0.6) is 0 Å². The second-order valence-electron chi connectivity index (χ2n) is 9.37. The SMILES string of the molecule is FC(F)(F)C(F)(F)C(F)(F)C(F)(F)C(F)(F)C(F)(F)c1cc(C(Br)Br)c(C(Br)Br)cc1C(F)(F)C(F)(F)C(F)(F)C(F)(F)C(F)(F)C(F)(F)F. The van der Waals surface area contributed by atoms with E-state index in [1.807, 2.05) is 0 Å². The number of alkyl halides is 30. The van der Waals surface area contributed by atoms with E-state index < -0.39 is 113 Å². The van der Waals surface area contributed by atoms with E-state index in [4.69, 9.17) is 0 Å². The maximum Gasteiger partial charge on any atom is 0.460 e. The molecule has 50 heavy (non-hydrogen) atoms. The summed E-state index contributed by atoms with van der Waals surface area (Å²) < 4.78 is 354. The Morgan fingerprint density at radius 3 is 0.640 bits per heavy atom. The molecule has 0 heterocycles. The van der Waals surface area contributed by atoms with E-state index in [1.54, 1.807) is 0 Å². The predicted octanol–water partition coefficient (Wildman–Crippen LogP) is 13.7. The molecule has 1 aromatic rings. The minimum absolute atomic E-state index is 1.25. The highest BCUT2D eigenvalue weighted by molar-refractivity contribution is 9.24. The Morgan fingerprint density at radius 1 is 0.300 bits per heavy atom. The molecule has 0 atom stereocenters. The maximum absolute atomic E-state index is 15.1. The molecule has 1 aromatic carbocycles. The van der Waals surface area contributed by atoms with E-state index in [-0.39, 0.29) is 0 Å². The van der Waals surface area contributed by atoms with E-state index in [0.29, 0.717) is 0 Å². The van der Waals surface area contributed by atoms with Crippen LogP contribution in [0.15, 0.2) is 12.1 Å². The van der Waals surface area contributed by atoms with Gasteiger partial charge in [-0.25, -0.2) is 0 Å². The van der Waals surface area contributed by atoms with Gasteiger partial charge in [0.15, 0.2) is 0 Å². The van der Waals surface area contributed by atoms with Crippen LogP contribution in [0, 0.1) is 0 Å². The van der Waals surface area contributed by atoms with Gasteiger partial charge in [0.25, 0.3) is 0 Å². The molecule has 30 heteroatoms. The molecule has 0 saturated heterocycles. The van der Waals surface area contributed by atoms with Crippen LogP contribution in [0.3, 0.4) is 0 Å². The van der Waals surface area contributed by atoms with Crippen LogP contribution >= 0.6 is 63.7 Å². The van der Waals surface area contributed by atoms with Crippen LogP contribution in [-0.2, 0) is 11.8 Å². The molecule has 1 rings (SSSR count). The third-order valence-corrected chi connectivity index (χ3v) is 8.21. The van der Waals surface area contributed by atoms with Gasteiger partial charge in [-0.3, -0.25) is 0 Å². The summed E-state index contributed by atoms with van der Waals surface area (Å²) in [6.07, 6.45) is -16.0. The lowest BCUT2D eigenvalue weighted by Crippen LogP contribution is -2.70. The maximum atomic E-state index is 15.1. The Bertz CT molecular complexity index is 1300. The highest BCUT2D eigenvalue weighted by atomic mass is 79.9. The van der Waals surface area contributed by atoms with Crippen LogP contribution in [0.4, 0.5) is 114 Å². The third kappa shape index (κ3) is 6.46. The molecule has 294 valence electrons. The second kappa shape index (κ2) is 13.0. The predicted molar refractivity (Wildman–Crippen MR) is 127 cm³/mol. The molecule has 0 fully saturated rings. The number of hydrogen-bond acceptors (Lipinski definition) is 0. The topological polar surface area (TPSA) is 0 Å². The first-order valence-electron chi connectivity index (χ1n) is 11.0. The highest BCUT2D eigenvalue weighted by Crippen LogP contribution is 2.66. The first-order valence-corrected chi connectivity index (χ1v) is 14.7. The van der Waals surface area contributed by atoms with E-state index in [2.05, 4.69) is 63.7 Å². The molecule has 0 aliphatic carbocycles. The average Bonchev–Trinajstić information content (AvgIpc) is 2.89. The van der Waals surface area contributed by atoms with Crippen LogP contribution < -0.4 is 0 Å². The van der Waals surface area contributed by atoms with Crippen LogP contribution in [0.1, 0.15) is 29.7 Å². The zero-order chi connectivity index (χ0) is 40.9. The molecule has 0 radical (unpaired) electrons. The summed E-state index contributed by atoms with van der Waals surface area (Å²) in [5.41, 5.74) is -11.4. The Hall–Kier alpha value is -0.680. The second-order valence-corrected chi connectivity index (χ2v) is 15.5. The standard InChI is InChI=1S/C20H4Br4F26/c21-7(22)3-1-5(9(25,26)11(29,30)13(33,34)15(37,38)17(41,42)19(45,46)47)6(2-4(3)8(23)24)10(27,28)12(31,32)14(35,36)16(39,40)18(43,44)20(48,49)50/h1-2,7-8H. The lowest BCUT2D eigenvalue weighted by molar-refractivity contribution is -0.444. The van der Waals surface area contributed by atoms with Crippen molar-refractivity contribution in [2.45, 2.75) is 79.1 Å². The molecule has 0 saturated carbocycles. The van der Waals surface area contributed by atoms with E-state index in [9.17, 15) is 96.6 Å². The van der Waals surface area contributed by atoms with Gasteiger partial charge in [0, 0.05) is 11.1 Å². The van der Waals surface area contributed by atoms with Gasteiger partial charge in [-0.05, 0) is 23.3 Å². The summed E-state index contributed by atoms with van der Waals surface area (Å²) >= 11 is 9.16. The number of halogens is 30. The summed E-state index contributed by atoms with van der Waals surface area (Å²) in [5.74, 6) is -85.6. The highest BCUT2D eigenvalue weighted by Gasteiger charge is 2.93. The zero-order valence-corrected chi connectivity index (χ0v) is 28.0. The molecule has 0 N–H and O–H groups in total. The summed E-state index contributed by atoms with van der Waals surface area (Å²) in [5, 5.41) is 0. The molecule has 0 aliphatic rings. The third-order valence-electron chi connectivity index (χ3n) is 6.24. The van der Waals surface area contributed by atoms with Crippen LogP contribution in [-0.4, -0.2) is 59.7 Å². The molecular weight excluding hydrogens is 1050 g/mol. The smallest absolute Gasteiger partial charge is 0.194 e. The Morgan fingerprint density at radius 2 is 0.480 bits per heavy atom. The van der Waals surface area contributed by atoms with Crippen molar-refractivity contribution in [2.24, 2.45) is 0 Å². The lowest BCUT2D eigenvalue weighted by atomic mass is 9.82. The van der Waals surface area contributed by atoms with Crippen LogP contribution in [0.25, 0.3) is 0 Å². The van der Waals surface area contributed by atoms with Gasteiger partial charge < -0.3 is 0 Å². The molecule has 0 bridgehead atoms. The van der Waals surface area contributed by atoms with Gasteiger partial charge in [-0.15, -0.1) is 0 Å². The van der Waals surface area contributed by atoms with Crippen molar-refractivity contribution in [1.82, 2.24) is 0 Å². The molecule has 0 nitrogen and oxygen atoms in total. The number of benzene rings is 1. The Labute approximate surface area is 290 Å². The number of hydrogen-bond donors (Lipinski definition) is 0. The lowest BCUT2D eigenvalue weighted by Gasteiger charge is -2.42. The van der Waals surface area contributed by atoms with Gasteiger partial charge in [0.05, 0.1) is 7.47 Å². The molecule has 0 unspecified atom stereocenters. The summed E-state index contributed by atoms with van der Waals surface area (Å²) in [4.78, 5) is 0. The first kappa shape index (κ1) is 47.3. The van der Waals surface area contributed by atoms with E-state index in [0.717, 1.165) is 0 Å². The molecule has 0 spiro atoms. The van der Waals surface area contributed by atoms with Crippen LogP contribution in [0.2, 0.25) is 0 Å². The molecular formula is C20H4Br4F26. The van der Waals surface area contributed by atoms with Crippen molar-refractivity contribution in [3.05, 3.63) is 34.4 Å². The fourth-order valence-electron chi connectivity index (χ4n) is 3.41. The summed E-state index contributed by atoms with van der Waals surface area (Å²) in [7, 11) is 0. The summed E-state index contributed by atoms with van der Waals surface area (Å²) in [6.45, 7) is 0. The van der Waals surface area contributed by atoms with Crippen molar-refractivity contribution in [3.8, 4) is 0 Å². The summed E-state index contributed by atoms with van der Waals surface area (Å²) in [6, 6.07) is -2.49. The van der Waals surface area contributed by atoms with Crippen molar-refractivity contribution in [2.75, 3.05) is 0 Å². The van der Waals surface area contributed by atoms with Gasteiger partial charge in [-0.1, -0.05) is 63.7 Å². The Balaban J connectivity index is 4.51. The monoisotopic (exact) mass is 1050 g/mol. The minimum Gasteiger partial charge on any atom is -0.194 e. The molecule has 0 aromatic heterocycles. The fraction of sp³-hybridized carbons (Fsp3) is 0.700.